The van der Waals surface area contributed by atoms with Crippen LogP contribution in [0.15, 0.2) is 23.0 Å². The molecule has 2 aromatic rings. The molecular weight excluding hydrogens is 224 g/mol. The summed E-state index contributed by atoms with van der Waals surface area (Å²) < 4.78 is 0. The van der Waals surface area contributed by atoms with Gasteiger partial charge in [0.1, 0.15) is 0 Å². The first kappa shape index (κ1) is 11.1. The van der Waals surface area contributed by atoms with Crippen LogP contribution < -0.4 is 5.69 Å². The zero-order valence-corrected chi connectivity index (χ0v) is 10.2. The van der Waals surface area contributed by atoms with Crippen LogP contribution in [0.1, 0.15) is 26.5 Å². The third-order valence-electron chi connectivity index (χ3n) is 2.45. The summed E-state index contributed by atoms with van der Waals surface area (Å²) in [6.45, 7) is 6.12. The molecule has 0 radical (unpaired) electrons. The molecule has 84 valence electrons. The average molecular weight is 237 g/mol. The second-order valence-corrected chi connectivity index (χ2v) is 5.21. The largest absolute Gasteiger partial charge is 0.345 e. The molecule has 0 fully saturated rings. The standard InChI is InChI=1S/C12H13ClN2O/c1-12(2,3)10-7-5-4-6-8(13)9(7)14-11(16)15-10/h4-6H,1-3H3,(H,14,15,16). The predicted molar refractivity (Wildman–Crippen MR) is 66.1 cm³/mol. The average Bonchev–Trinajstić information content (AvgIpc) is 2.17. The number of para-hydroxylation sites is 1. The van der Waals surface area contributed by atoms with Crippen LogP contribution >= 0.6 is 11.6 Å². The van der Waals surface area contributed by atoms with Crippen LogP contribution in [0.2, 0.25) is 5.02 Å². The smallest absolute Gasteiger partial charge is 0.309 e. The third kappa shape index (κ3) is 1.83. The Bertz CT molecular complexity index is 596. The molecule has 0 aliphatic rings. The maximum absolute atomic E-state index is 11.5. The van der Waals surface area contributed by atoms with Gasteiger partial charge in [0.25, 0.3) is 0 Å². The summed E-state index contributed by atoms with van der Waals surface area (Å²) in [4.78, 5) is 18.2. The molecule has 0 unspecified atom stereocenters. The van der Waals surface area contributed by atoms with Gasteiger partial charge in [-0.25, -0.2) is 4.79 Å². The zero-order chi connectivity index (χ0) is 11.9. The molecule has 1 aromatic heterocycles. The fraction of sp³-hybridized carbons (Fsp3) is 0.333. The number of rotatable bonds is 0. The number of hydrogen-bond acceptors (Lipinski definition) is 2. The zero-order valence-electron chi connectivity index (χ0n) is 9.47. The van der Waals surface area contributed by atoms with E-state index in [1.54, 1.807) is 6.07 Å². The minimum absolute atomic E-state index is 0.148. The van der Waals surface area contributed by atoms with Gasteiger partial charge in [-0.05, 0) is 6.07 Å². The van der Waals surface area contributed by atoms with Gasteiger partial charge in [-0.1, -0.05) is 44.5 Å². The molecule has 0 bridgehead atoms. The number of nitrogens with zero attached hydrogens (tertiary/aromatic N) is 1. The fourth-order valence-corrected chi connectivity index (χ4v) is 1.94. The Morgan fingerprint density at radius 3 is 2.62 bits per heavy atom. The molecule has 0 aliphatic heterocycles. The lowest BCUT2D eigenvalue weighted by Crippen LogP contribution is -2.22. The van der Waals surface area contributed by atoms with E-state index in [0.29, 0.717) is 10.5 Å². The maximum atomic E-state index is 11.5. The molecule has 3 nitrogen and oxygen atoms in total. The van der Waals surface area contributed by atoms with E-state index in [0.717, 1.165) is 11.1 Å². The lowest BCUT2D eigenvalue weighted by atomic mass is 9.89. The summed E-state index contributed by atoms with van der Waals surface area (Å²) in [6, 6.07) is 5.52. The van der Waals surface area contributed by atoms with E-state index in [1.165, 1.54) is 0 Å². The van der Waals surface area contributed by atoms with E-state index >= 15 is 0 Å². The van der Waals surface area contributed by atoms with Crippen molar-refractivity contribution in [3.63, 3.8) is 0 Å². The van der Waals surface area contributed by atoms with Crippen LogP contribution in [0.4, 0.5) is 0 Å². The summed E-state index contributed by atoms with van der Waals surface area (Å²) in [5.41, 5.74) is 0.929. The highest BCUT2D eigenvalue weighted by Crippen LogP contribution is 2.28. The number of halogens is 1. The van der Waals surface area contributed by atoms with Crippen LogP contribution in [0.25, 0.3) is 10.9 Å². The summed E-state index contributed by atoms with van der Waals surface area (Å²) in [7, 11) is 0. The molecule has 1 heterocycles. The predicted octanol–water partition coefficient (Wildman–Crippen LogP) is 2.87. The van der Waals surface area contributed by atoms with Crippen molar-refractivity contribution in [3.05, 3.63) is 39.4 Å². The van der Waals surface area contributed by atoms with E-state index in [4.69, 9.17) is 11.6 Å². The number of hydrogen-bond donors (Lipinski definition) is 1. The first-order chi connectivity index (χ1) is 7.39. The molecule has 0 saturated heterocycles. The summed E-state index contributed by atoms with van der Waals surface area (Å²) in [5.74, 6) is 0. The highest BCUT2D eigenvalue weighted by atomic mass is 35.5. The highest BCUT2D eigenvalue weighted by molar-refractivity contribution is 6.35. The van der Waals surface area contributed by atoms with E-state index in [-0.39, 0.29) is 11.1 Å². The molecule has 1 aromatic carbocycles. The quantitative estimate of drug-likeness (QED) is 0.765. The van der Waals surface area contributed by atoms with Crippen molar-refractivity contribution in [3.8, 4) is 0 Å². The molecule has 4 heteroatoms. The fourth-order valence-electron chi connectivity index (χ4n) is 1.73. The van der Waals surface area contributed by atoms with Gasteiger partial charge in [0, 0.05) is 16.5 Å². The molecule has 2 rings (SSSR count). The molecule has 1 N–H and O–H groups in total. The number of H-pyrrole nitrogens is 1. The topological polar surface area (TPSA) is 45.8 Å². The van der Waals surface area contributed by atoms with Gasteiger partial charge in [0.2, 0.25) is 0 Å². The first-order valence-corrected chi connectivity index (χ1v) is 5.46. The van der Waals surface area contributed by atoms with Crippen LogP contribution in [-0.2, 0) is 5.41 Å². The highest BCUT2D eigenvalue weighted by Gasteiger charge is 2.19. The lowest BCUT2D eigenvalue weighted by molar-refractivity contribution is 0.571. The van der Waals surface area contributed by atoms with Gasteiger partial charge in [0.05, 0.1) is 10.5 Å². The second kappa shape index (κ2) is 3.59. The summed E-state index contributed by atoms with van der Waals surface area (Å²) >= 11 is 6.04. The van der Waals surface area contributed by atoms with Gasteiger partial charge in [-0.3, -0.25) is 0 Å². The maximum Gasteiger partial charge on any atom is 0.345 e. The van der Waals surface area contributed by atoms with Crippen molar-refractivity contribution in [2.75, 3.05) is 0 Å². The van der Waals surface area contributed by atoms with Crippen LogP contribution in [-0.4, -0.2) is 9.97 Å². The number of benzene rings is 1. The summed E-state index contributed by atoms with van der Waals surface area (Å²) in [6.07, 6.45) is 0. The van der Waals surface area contributed by atoms with E-state index in [9.17, 15) is 4.79 Å². The second-order valence-electron chi connectivity index (χ2n) is 4.80. The van der Waals surface area contributed by atoms with E-state index in [2.05, 4.69) is 9.97 Å². The number of nitrogens with one attached hydrogen (secondary N) is 1. The van der Waals surface area contributed by atoms with Crippen LogP contribution in [0.3, 0.4) is 0 Å². The van der Waals surface area contributed by atoms with Crippen molar-refractivity contribution >= 4 is 22.5 Å². The number of fused-ring (bicyclic) bond motifs is 1. The molecule has 16 heavy (non-hydrogen) atoms. The molecule has 0 spiro atoms. The monoisotopic (exact) mass is 236 g/mol. The third-order valence-corrected chi connectivity index (χ3v) is 2.76. The Kier molecular flexibility index (Phi) is 2.50. The molecule has 0 aliphatic carbocycles. The van der Waals surface area contributed by atoms with Crippen molar-refractivity contribution in [2.45, 2.75) is 26.2 Å². The number of aromatic amines is 1. The van der Waals surface area contributed by atoms with E-state index < -0.39 is 0 Å². The Balaban J connectivity index is 2.95. The minimum Gasteiger partial charge on any atom is -0.309 e. The Labute approximate surface area is 98.5 Å². The van der Waals surface area contributed by atoms with E-state index in [1.807, 2.05) is 32.9 Å². The molecule has 0 amide bonds. The van der Waals surface area contributed by atoms with Crippen LogP contribution in [0, 0.1) is 0 Å². The van der Waals surface area contributed by atoms with Crippen molar-refractivity contribution < 1.29 is 0 Å². The molecule has 0 saturated carbocycles. The molecule has 0 atom stereocenters. The Morgan fingerprint density at radius 2 is 2.00 bits per heavy atom. The van der Waals surface area contributed by atoms with Crippen molar-refractivity contribution in [2.24, 2.45) is 0 Å². The lowest BCUT2D eigenvalue weighted by Gasteiger charge is -2.20. The normalized spacial score (nSPS) is 12.0. The number of aromatic nitrogens is 2. The van der Waals surface area contributed by atoms with Gasteiger partial charge < -0.3 is 4.98 Å². The van der Waals surface area contributed by atoms with Gasteiger partial charge >= 0.3 is 5.69 Å². The first-order valence-electron chi connectivity index (χ1n) is 5.08. The van der Waals surface area contributed by atoms with Crippen LogP contribution in [0.5, 0.6) is 0 Å². The SMILES string of the molecule is CC(C)(C)c1[nH]c(=O)nc2c(Cl)cccc12. The van der Waals surface area contributed by atoms with Gasteiger partial charge in [0.15, 0.2) is 0 Å². The minimum atomic E-state index is -0.356. The van der Waals surface area contributed by atoms with Crippen molar-refractivity contribution in [1.29, 1.82) is 0 Å². The summed E-state index contributed by atoms with van der Waals surface area (Å²) in [5, 5.41) is 1.41. The molecular formula is C12H13ClN2O. The van der Waals surface area contributed by atoms with Gasteiger partial charge in [-0.2, -0.15) is 4.98 Å². The Hall–Kier alpha value is -1.35. The Morgan fingerprint density at radius 1 is 1.31 bits per heavy atom. The van der Waals surface area contributed by atoms with Crippen molar-refractivity contribution in [1.82, 2.24) is 9.97 Å². The van der Waals surface area contributed by atoms with Gasteiger partial charge in [-0.15, -0.1) is 0 Å².